The van der Waals surface area contributed by atoms with Gasteiger partial charge >= 0.3 is 0 Å². The molecular formula is C19H21O5S-. The highest BCUT2D eigenvalue weighted by Crippen LogP contribution is 2.23. The molecule has 0 aliphatic carbocycles. The van der Waals surface area contributed by atoms with Gasteiger partial charge in [-0.3, -0.25) is 4.79 Å². The molecule has 0 spiro atoms. The number of rotatable bonds is 8. The molecule has 2 aromatic carbocycles. The number of hydrogen-bond donors (Lipinski definition) is 0. The Morgan fingerprint density at radius 3 is 2.44 bits per heavy atom. The number of carbonyl (C=O) groups is 1. The second-order valence-corrected chi connectivity index (χ2v) is 7.36. The average molecular weight is 361 g/mol. The van der Waals surface area contributed by atoms with Crippen molar-refractivity contribution in [2.24, 2.45) is 0 Å². The predicted octanol–water partition coefficient (Wildman–Crippen LogP) is 3.29. The van der Waals surface area contributed by atoms with Crippen molar-refractivity contribution in [2.75, 3.05) is 6.61 Å². The molecule has 0 saturated carbocycles. The zero-order valence-electron chi connectivity index (χ0n) is 14.3. The highest BCUT2D eigenvalue weighted by molar-refractivity contribution is 7.85. The average Bonchev–Trinajstić information content (AvgIpc) is 2.59. The van der Waals surface area contributed by atoms with Gasteiger partial charge in [-0.1, -0.05) is 38.1 Å². The van der Waals surface area contributed by atoms with Crippen molar-refractivity contribution in [2.45, 2.75) is 37.5 Å². The quantitative estimate of drug-likeness (QED) is 0.674. The third kappa shape index (κ3) is 5.69. The molecule has 0 fully saturated rings. The zero-order chi connectivity index (χ0) is 18.4. The van der Waals surface area contributed by atoms with Crippen LogP contribution in [-0.2, 0) is 21.3 Å². The van der Waals surface area contributed by atoms with Gasteiger partial charge in [-0.15, -0.1) is 0 Å². The van der Waals surface area contributed by atoms with Crippen LogP contribution in [-0.4, -0.2) is 25.4 Å². The van der Waals surface area contributed by atoms with Gasteiger partial charge in [0.1, 0.15) is 22.5 Å². The summed E-state index contributed by atoms with van der Waals surface area (Å²) in [5, 5.41) is 0. The van der Waals surface area contributed by atoms with E-state index in [4.69, 9.17) is 4.74 Å². The van der Waals surface area contributed by atoms with E-state index >= 15 is 0 Å². The van der Waals surface area contributed by atoms with Gasteiger partial charge in [0, 0.05) is 6.42 Å². The summed E-state index contributed by atoms with van der Waals surface area (Å²) < 4.78 is 38.2. The van der Waals surface area contributed by atoms with Crippen molar-refractivity contribution in [1.29, 1.82) is 0 Å². The molecule has 0 bridgehead atoms. The first-order chi connectivity index (χ1) is 11.8. The molecule has 0 saturated heterocycles. The van der Waals surface area contributed by atoms with Crippen molar-refractivity contribution in [3.63, 3.8) is 0 Å². The summed E-state index contributed by atoms with van der Waals surface area (Å²) in [5.74, 6) is 0.945. The number of benzene rings is 2. The number of hydrogen-bond acceptors (Lipinski definition) is 5. The Hall–Kier alpha value is -2.18. The molecule has 6 heteroatoms. The first kappa shape index (κ1) is 19.1. The predicted molar refractivity (Wildman–Crippen MR) is 93.8 cm³/mol. The van der Waals surface area contributed by atoms with E-state index in [1.165, 1.54) is 29.8 Å². The maximum absolute atomic E-state index is 12.0. The maximum Gasteiger partial charge on any atom is 0.174 e. The molecular weight excluding hydrogens is 340 g/mol. The van der Waals surface area contributed by atoms with E-state index in [-0.39, 0.29) is 23.7 Å². The molecule has 25 heavy (non-hydrogen) atoms. The minimum Gasteiger partial charge on any atom is -0.744 e. The third-order valence-electron chi connectivity index (χ3n) is 4.05. The number of carbonyl (C=O) groups excluding carboxylic acids is 1. The minimum atomic E-state index is -4.47. The van der Waals surface area contributed by atoms with Crippen LogP contribution in [0.5, 0.6) is 5.75 Å². The molecule has 1 atom stereocenters. The van der Waals surface area contributed by atoms with Gasteiger partial charge < -0.3 is 9.29 Å². The molecule has 134 valence electrons. The fourth-order valence-electron chi connectivity index (χ4n) is 2.36. The van der Waals surface area contributed by atoms with Crippen LogP contribution in [0.25, 0.3) is 0 Å². The summed E-state index contributed by atoms with van der Waals surface area (Å²) in [7, 11) is -4.47. The van der Waals surface area contributed by atoms with Crippen molar-refractivity contribution < 1.29 is 22.5 Å². The van der Waals surface area contributed by atoms with E-state index in [1.807, 2.05) is 24.3 Å². The van der Waals surface area contributed by atoms with E-state index in [1.54, 1.807) is 0 Å². The summed E-state index contributed by atoms with van der Waals surface area (Å²) in [6, 6.07) is 13.0. The summed E-state index contributed by atoms with van der Waals surface area (Å²) in [6.07, 6.45) is 1.14. The van der Waals surface area contributed by atoms with Gasteiger partial charge in [-0.2, -0.15) is 0 Å². The molecule has 0 aromatic heterocycles. The summed E-state index contributed by atoms with van der Waals surface area (Å²) in [4.78, 5) is 11.7. The summed E-state index contributed by atoms with van der Waals surface area (Å²) >= 11 is 0. The van der Waals surface area contributed by atoms with Gasteiger partial charge in [0.2, 0.25) is 0 Å². The van der Waals surface area contributed by atoms with Crippen LogP contribution in [0.4, 0.5) is 0 Å². The minimum absolute atomic E-state index is 0.0639. The van der Waals surface area contributed by atoms with Crippen LogP contribution in [0.1, 0.15) is 37.3 Å². The molecule has 2 rings (SSSR count). The molecule has 0 radical (unpaired) electrons. The van der Waals surface area contributed by atoms with Crippen LogP contribution >= 0.6 is 0 Å². The van der Waals surface area contributed by atoms with Gasteiger partial charge in [0.25, 0.3) is 0 Å². The van der Waals surface area contributed by atoms with Crippen molar-refractivity contribution >= 4 is 15.9 Å². The molecule has 0 aliphatic heterocycles. The van der Waals surface area contributed by atoms with Crippen molar-refractivity contribution in [3.8, 4) is 5.75 Å². The number of Topliss-reactive ketones (excluding diaryl/α,β-unsaturated/α-hetero) is 1. The normalized spacial score (nSPS) is 12.6. The topological polar surface area (TPSA) is 83.5 Å². The molecule has 5 nitrogen and oxygen atoms in total. The van der Waals surface area contributed by atoms with Crippen LogP contribution in [0.2, 0.25) is 0 Å². The number of ether oxygens (including phenoxy) is 1. The lowest BCUT2D eigenvalue weighted by molar-refractivity contribution is -0.120. The van der Waals surface area contributed by atoms with Crippen LogP contribution < -0.4 is 4.74 Å². The zero-order valence-corrected chi connectivity index (χ0v) is 15.1. The smallest absolute Gasteiger partial charge is 0.174 e. The van der Waals surface area contributed by atoms with Crippen molar-refractivity contribution in [1.82, 2.24) is 0 Å². The standard InChI is InChI=1S/C19H22O5S/c1-3-14(2)16-5-4-6-18(12-16)24-13-17(20)11-15-7-9-19(10-8-15)25(21,22)23/h4-10,12,14H,3,11,13H2,1-2H3,(H,21,22,23)/p-1. The Morgan fingerprint density at radius 1 is 1.16 bits per heavy atom. The van der Waals surface area contributed by atoms with E-state index in [0.717, 1.165) is 6.42 Å². The fourth-order valence-corrected chi connectivity index (χ4v) is 2.83. The largest absolute Gasteiger partial charge is 0.744 e. The first-order valence-corrected chi connectivity index (χ1v) is 9.49. The van der Waals surface area contributed by atoms with Gasteiger partial charge in [0.05, 0.1) is 4.90 Å². The Balaban J connectivity index is 1.93. The van der Waals surface area contributed by atoms with E-state index in [2.05, 4.69) is 13.8 Å². The van der Waals surface area contributed by atoms with Crippen LogP contribution in [0.15, 0.2) is 53.4 Å². The summed E-state index contributed by atoms with van der Waals surface area (Å²) in [6.45, 7) is 4.19. The number of ketones is 1. The van der Waals surface area contributed by atoms with E-state index in [9.17, 15) is 17.8 Å². The van der Waals surface area contributed by atoms with Gasteiger partial charge in [0.15, 0.2) is 5.78 Å². The van der Waals surface area contributed by atoms with E-state index < -0.39 is 10.1 Å². The highest BCUT2D eigenvalue weighted by Gasteiger charge is 2.08. The van der Waals surface area contributed by atoms with Crippen LogP contribution in [0.3, 0.4) is 0 Å². The SMILES string of the molecule is CCC(C)c1cccc(OCC(=O)Cc2ccc(S(=O)(=O)[O-])cc2)c1. The molecule has 0 N–H and O–H groups in total. The second kappa shape index (κ2) is 8.27. The lowest BCUT2D eigenvalue weighted by atomic mass is 9.99. The second-order valence-electron chi connectivity index (χ2n) is 5.98. The maximum atomic E-state index is 12.0. The lowest BCUT2D eigenvalue weighted by Gasteiger charge is -2.11. The van der Waals surface area contributed by atoms with Crippen LogP contribution in [0, 0.1) is 0 Å². The molecule has 2 aromatic rings. The summed E-state index contributed by atoms with van der Waals surface area (Å²) in [5.41, 5.74) is 1.80. The lowest BCUT2D eigenvalue weighted by Crippen LogP contribution is -2.14. The molecule has 0 amide bonds. The Bertz CT molecular complexity index is 825. The third-order valence-corrected chi connectivity index (χ3v) is 4.90. The highest BCUT2D eigenvalue weighted by atomic mass is 32.2. The molecule has 0 aliphatic rings. The Labute approximate surface area is 148 Å². The van der Waals surface area contributed by atoms with E-state index in [0.29, 0.717) is 17.2 Å². The first-order valence-electron chi connectivity index (χ1n) is 8.09. The Morgan fingerprint density at radius 2 is 1.84 bits per heavy atom. The monoisotopic (exact) mass is 361 g/mol. The fraction of sp³-hybridized carbons (Fsp3) is 0.316. The van der Waals surface area contributed by atoms with Crippen molar-refractivity contribution in [3.05, 3.63) is 59.7 Å². The Kier molecular flexibility index (Phi) is 6.33. The molecule has 0 heterocycles. The molecule has 1 unspecified atom stereocenters. The van der Waals surface area contributed by atoms with Gasteiger partial charge in [-0.25, -0.2) is 8.42 Å². The van der Waals surface area contributed by atoms with Gasteiger partial charge in [-0.05, 0) is 47.7 Å².